The summed E-state index contributed by atoms with van der Waals surface area (Å²) in [4.78, 5) is 14.2. The zero-order valence-corrected chi connectivity index (χ0v) is 15.4. The Morgan fingerprint density at radius 3 is 2.35 bits per heavy atom. The zero-order valence-electron chi connectivity index (χ0n) is 12.5. The van der Waals surface area contributed by atoms with Crippen LogP contribution in [0.2, 0.25) is 0 Å². The van der Waals surface area contributed by atoms with Gasteiger partial charge in [-0.15, -0.1) is 4.83 Å². The number of ether oxygens (including phenoxy) is 1. The van der Waals surface area contributed by atoms with E-state index >= 15 is 0 Å². The van der Waals surface area contributed by atoms with Crippen molar-refractivity contribution in [3.8, 4) is 5.75 Å². The Morgan fingerprint density at radius 1 is 1.13 bits per heavy atom. The van der Waals surface area contributed by atoms with Crippen molar-refractivity contribution in [3.63, 3.8) is 0 Å². The van der Waals surface area contributed by atoms with E-state index in [-0.39, 0.29) is 4.90 Å². The summed E-state index contributed by atoms with van der Waals surface area (Å²) in [6.45, 7) is 1.86. The van der Waals surface area contributed by atoms with Crippen LogP contribution in [0.3, 0.4) is 0 Å². The van der Waals surface area contributed by atoms with Crippen LogP contribution in [-0.4, -0.2) is 21.4 Å². The third-order valence-corrected chi connectivity index (χ3v) is 5.15. The Hall–Kier alpha value is -1.65. The van der Waals surface area contributed by atoms with Gasteiger partial charge in [0.25, 0.3) is 15.9 Å². The molecule has 0 heterocycles. The summed E-state index contributed by atoms with van der Waals surface area (Å²) in [7, 11) is -2.28. The molecule has 2 aromatic carbocycles. The van der Waals surface area contributed by atoms with Crippen LogP contribution < -0.4 is 15.0 Å². The molecule has 0 aliphatic rings. The number of hydrogen-bond donors (Lipinski definition) is 2. The van der Waals surface area contributed by atoms with Crippen molar-refractivity contribution in [2.75, 3.05) is 7.11 Å². The van der Waals surface area contributed by atoms with Gasteiger partial charge in [0.05, 0.1) is 15.6 Å². The second-order valence-electron chi connectivity index (χ2n) is 4.72. The number of amides is 1. The minimum atomic E-state index is -3.81. The minimum Gasteiger partial charge on any atom is -0.496 e. The number of hydrazine groups is 1. The Balaban J connectivity index is 2.09. The lowest BCUT2D eigenvalue weighted by Gasteiger charge is -2.10. The fourth-order valence-electron chi connectivity index (χ4n) is 1.77. The summed E-state index contributed by atoms with van der Waals surface area (Å²) < 4.78 is 30.1. The van der Waals surface area contributed by atoms with Gasteiger partial charge in [-0.05, 0) is 59.8 Å². The van der Waals surface area contributed by atoms with Crippen LogP contribution in [0.5, 0.6) is 5.75 Å². The molecule has 0 aliphatic carbocycles. The summed E-state index contributed by atoms with van der Waals surface area (Å²) in [6, 6.07) is 11.1. The average Bonchev–Trinajstić information content (AvgIpc) is 2.53. The number of carbonyl (C=O) groups excluding carboxylic acids is 1. The molecule has 0 unspecified atom stereocenters. The van der Waals surface area contributed by atoms with Gasteiger partial charge >= 0.3 is 0 Å². The standard InChI is InChI=1S/C15H15IN2O4S/c1-10-3-6-12(7-4-10)23(20,21)18-17-15(19)11-5-8-14(22-2)13(16)9-11/h3-9,18H,1-2H3,(H,17,19). The molecule has 2 aromatic rings. The van der Waals surface area contributed by atoms with Gasteiger partial charge in [-0.2, -0.15) is 0 Å². The van der Waals surface area contributed by atoms with Crippen LogP contribution in [0.25, 0.3) is 0 Å². The predicted molar refractivity (Wildman–Crippen MR) is 94.7 cm³/mol. The maximum Gasteiger partial charge on any atom is 0.266 e. The van der Waals surface area contributed by atoms with Crippen molar-refractivity contribution in [2.45, 2.75) is 11.8 Å². The van der Waals surface area contributed by atoms with E-state index in [0.717, 1.165) is 9.13 Å². The highest BCUT2D eigenvalue weighted by Crippen LogP contribution is 2.21. The van der Waals surface area contributed by atoms with Crippen LogP contribution in [0.15, 0.2) is 47.4 Å². The topological polar surface area (TPSA) is 84.5 Å². The molecule has 1 amide bonds. The maximum atomic E-state index is 12.1. The van der Waals surface area contributed by atoms with E-state index in [4.69, 9.17) is 4.74 Å². The number of aryl methyl sites for hydroxylation is 1. The summed E-state index contributed by atoms with van der Waals surface area (Å²) in [5.74, 6) is 0.0867. The van der Waals surface area contributed by atoms with Crippen LogP contribution in [0, 0.1) is 10.5 Å². The van der Waals surface area contributed by atoms with Gasteiger partial charge in [-0.3, -0.25) is 10.2 Å². The third-order valence-electron chi connectivity index (χ3n) is 3.04. The second-order valence-corrected chi connectivity index (χ2v) is 7.57. The summed E-state index contributed by atoms with van der Waals surface area (Å²) in [5, 5.41) is 0. The number of hydrogen-bond acceptors (Lipinski definition) is 4. The Labute approximate surface area is 148 Å². The van der Waals surface area contributed by atoms with Crippen molar-refractivity contribution in [3.05, 3.63) is 57.2 Å². The normalized spacial score (nSPS) is 11.1. The Kier molecular flexibility index (Phi) is 5.60. The molecule has 0 bridgehead atoms. The molecule has 0 spiro atoms. The number of methoxy groups -OCH3 is 1. The molecule has 2 N–H and O–H groups in total. The molecular weight excluding hydrogens is 431 g/mol. The fraction of sp³-hybridized carbons (Fsp3) is 0.133. The lowest BCUT2D eigenvalue weighted by molar-refractivity contribution is 0.0945. The lowest BCUT2D eigenvalue weighted by atomic mass is 10.2. The van der Waals surface area contributed by atoms with Gasteiger partial charge in [0.2, 0.25) is 0 Å². The highest BCUT2D eigenvalue weighted by atomic mass is 127. The van der Waals surface area contributed by atoms with E-state index in [1.165, 1.54) is 19.2 Å². The van der Waals surface area contributed by atoms with Crippen molar-refractivity contribution in [2.24, 2.45) is 0 Å². The molecule has 8 heteroatoms. The number of halogens is 1. The summed E-state index contributed by atoms with van der Waals surface area (Å²) >= 11 is 2.03. The second kappa shape index (κ2) is 7.28. The molecule has 0 aromatic heterocycles. The number of benzene rings is 2. The van der Waals surface area contributed by atoms with E-state index < -0.39 is 15.9 Å². The van der Waals surface area contributed by atoms with Crippen molar-refractivity contribution >= 4 is 38.5 Å². The first kappa shape index (κ1) is 17.7. The number of nitrogens with one attached hydrogen (secondary N) is 2. The van der Waals surface area contributed by atoms with E-state index in [1.54, 1.807) is 30.3 Å². The molecule has 0 saturated carbocycles. The SMILES string of the molecule is COc1ccc(C(=O)NNS(=O)(=O)c2ccc(C)cc2)cc1I. The molecule has 2 rings (SSSR count). The quantitative estimate of drug-likeness (QED) is 0.545. The van der Waals surface area contributed by atoms with Gasteiger partial charge in [0, 0.05) is 5.56 Å². The highest BCUT2D eigenvalue weighted by molar-refractivity contribution is 14.1. The Bertz CT molecular complexity index is 820. The molecule has 6 nitrogen and oxygen atoms in total. The number of sulfonamides is 1. The van der Waals surface area contributed by atoms with Gasteiger partial charge in [0.15, 0.2) is 0 Å². The minimum absolute atomic E-state index is 0.0766. The van der Waals surface area contributed by atoms with Crippen molar-refractivity contribution in [1.29, 1.82) is 0 Å². The first-order valence-corrected chi connectivity index (χ1v) is 9.12. The Morgan fingerprint density at radius 2 is 1.78 bits per heavy atom. The van der Waals surface area contributed by atoms with Crippen LogP contribution in [-0.2, 0) is 10.0 Å². The fourth-order valence-corrected chi connectivity index (χ4v) is 3.34. The summed E-state index contributed by atoms with van der Waals surface area (Å²) in [5.41, 5.74) is 3.46. The lowest BCUT2D eigenvalue weighted by Crippen LogP contribution is -2.41. The molecule has 0 radical (unpaired) electrons. The van der Waals surface area contributed by atoms with Gasteiger partial charge in [0.1, 0.15) is 5.75 Å². The maximum absolute atomic E-state index is 12.1. The number of carbonyl (C=O) groups is 1. The monoisotopic (exact) mass is 446 g/mol. The highest BCUT2D eigenvalue weighted by Gasteiger charge is 2.16. The van der Waals surface area contributed by atoms with Gasteiger partial charge in [-0.1, -0.05) is 17.7 Å². The molecule has 122 valence electrons. The molecule has 0 fully saturated rings. The van der Waals surface area contributed by atoms with Gasteiger partial charge in [-0.25, -0.2) is 8.42 Å². The molecular formula is C15H15IN2O4S. The molecule has 0 atom stereocenters. The third kappa shape index (κ3) is 4.43. The van der Waals surface area contributed by atoms with E-state index in [1.807, 2.05) is 29.5 Å². The smallest absolute Gasteiger partial charge is 0.266 e. The zero-order chi connectivity index (χ0) is 17.0. The average molecular weight is 446 g/mol. The van der Waals surface area contributed by atoms with E-state index in [9.17, 15) is 13.2 Å². The first-order valence-electron chi connectivity index (χ1n) is 6.56. The van der Waals surface area contributed by atoms with E-state index in [0.29, 0.717) is 11.3 Å². The molecule has 23 heavy (non-hydrogen) atoms. The van der Waals surface area contributed by atoms with Crippen LogP contribution in [0.4, 0.5) is 0 Å². The molecule has 0 aliphatic heterocycles. The van der Waals surface area contributed by atoms with Crippen molar-refractivity contribution in [1.82, 2.24) is 10.3 Å². The molecule has 0 saturated heterocycles. The van der Waals surface area contributed by atoms with Crippen LogP contribution in [0.1, 0.15) is 15.9 Å². The van der Waals surface area contributed by atoms with Crippen molar-refractivity contribution < 1.29 is 17.9 Å². The largest absolute Gasteiger partial charge is 0.496 e. The van der Waals surface area contributed by atoms with E-state index in [2.05, 4.69) is 10.3 Å². The van der Waals surface area contributed by atoms with Crippen LogP contribution >= 0.6 is 22.6 Å². The first-order chi connectivity index (χ1) is 10.8. The summed E-state index contributed by atoms with van der Waals surface area (Å²) in [6.07, 6.45) is 0. The van der Waals surface area contributed by atoms with Gasteiger partial charge < -0.3 is 4.74 Å². The predicted octanol–water partition coefficient (Wildman–Crippen LogP) is 2.23. The number of rotatable bonds is 5.